The minimum Gasteiger partial charge on any atom is -0.319 e. The third kappa shape index (κ3) is 6.72. The molecule has 6 heteroatoms. The standard InChI is InChI=1S/C55H47N4Si.Pt/c1-38(2)46-25-17-26-47(39(3)4)55(46)40-32-33-56-54(34-40)59-50-27-13-12-24-48(50)49-31-30-45(36-53(49)59)60(42-19-8-6-9-20-42,43-21-10-7-11-22-43)44-23-16-18-41(35-44)58-37-57(5)51-28-14-15-29-52(51)58;/h6-34,37-39H,1-5H3;/q-1;. The van der Waals surface area contributed by atoms with Crippen molar-refractivity contribution in [2.75, 3.05) is 0 Å². The van der Waals surface area contributed by atoms with Crippen molar-refractivity contribution in [3.8, 4) is 22.6 Å². The van der Waals surface area contributed by atoms with E-state index in [2.05, 4.69) is 237 Å². The van der Waals surface area contributed by atoms with Crippen molar-refractivity contribution < 1.29 is 21.1 Å². The number of imidazole rings is 1. The Kier molecular flexibility index (Phi) is 10.8. The second kappa shape index (κ2) is 16.4. The van der Waals surface area contributed by atoms with Gasteiger partial charge in [0.2, 0.25) is 0 Å². The fourth-order valence-electron chi connectivity index (χ4n) is 9.51. The minimum absolute atomic E-state index is 0. The first-order valence-corrected chi connectivity index (χ1v) is 23.0. The summed E-state index contributed by atoms with van der Waals surface area (Å²) < 4.78 is 6.79. The van der Waals surface area contributed by atoms with E-state index in [-0.39, 0.29) is 21.1 Å². The van der Waals surface area contributed by atoms with Gasteiger partial charge in [0, 0.05) is 57.6 Å². The Hall–Kier alpha value is -6.13. The SMILES string of the molecule is CC(C)c1cccc(C(C)C)c1-c1ccnc(-n2c3[c-]c([Si](c4[c-]c(-n5[cH+]n(C)c6ccccc65)ccc4)(c4ccccc4)c4ccccc4)ccc3c3ccccc32)c1.[Pt]. The molecule has 0 aliphatic heterocycles. The molecule has 3 aromatic heterocycles. The van der Waals surface area contributed by atoms with E-state index in [1.165, 1.54) is 48.7 Å². The van der Waals surface area contributed by atoms with E-state index in [1.807, 2.05) is 6.20 Å². The molecule has 0 amide bonds. The number of aromatic nitrogens is 4. The van der Waals surface area contributed by atoms with Crippen LogP contribution in [0.25, 0.3) is 55.5 Å². The van der Waals surface area contributed by atoms with Gasteiger partial charge >= 0.3 is 0 Å². The van der Waals surface area contributed by atoms with E-state index in [9.17, 15) is 0 Å². The molecule has 0 spiro atoms. The molecule has 0 aliphatic carbocycles. The smallest absolute Gasteiger partial charge is 0.188 e. The summed E-state index contributed by atoms with van der Waals surface area (Å²) in [5.41, 5.74) is 10.7. The molecule has 0 fully saturated rings. The number of hydrogen-bond donors (Lipinski definition) is 0. The van der Waals surface area contributed by atoms with Gasteiger partial charge in [-0.3, -0.25) is 0 Å². The van der Waals surface area contributed by atoms with Crippen molar-refractivity contribution in [2.45, 2.75) is 39.5 Å². The Morgan fingerprint density at radius 2 is 1.15 bits per heavy atom. The average molecular weight is 987 g/mol. The topological polar surface area (TPSA) is 27.7 Å². The summed E-state index contributed by atoms with van der Waals surface area (Å²) in [4.78, 5) is 5.14. The fraction of sp³-hybridized carbons (Fsp3) is 0.127. The molecule has 0 saturated heterocycles. The van der Waals surface area contributed by atoms with Gasteiger partial charge in [-0.15, -0.1) is 22.7 Å². The van der Waals surface area contributed by atoms with Crippen LogP contribution in [0.4, 0.5) is 0 Å². The number of hydrogen-bond acceptors (Lipinski definition) is 1. The van der Waals surface area contributed by atoms with E-state index >= 15 is 0 Å². The monoisotopic (exact) mass is 986 g/mol. The van der Waals surface area contributed by atoms with E-state index in [0.717, 1.165) is 38.6 Å². The molecule has 0 bridgehead atoms. The molecule has 4 nitrogen and oxygen atoms in total. The predicted octanol–water partition coefficient (Wildman–Crippen LogP) is 10.6. The molecular weight excluding hydrogens is 940 g/mol. The van der Waals surface area contributed by atoms with E-state index < -0.39 is 8.07 Å². The summed E-state index contributed by atoms with van der Waals surface area (Å²) in [7, 11) is -0.977. The Morgan fingerprint density at radius 3 is 1.82 bits per heavy atom. The summed E-state index contributed by atoms with van der Waals surface area (Å²) in [5, 5.41) is 7.22. The van der Waals surface area contributed by atoms with Crippen molar-refractivity contribution in [1.29, 1.82) is 0 Å². The van der Waals surface area contributed by atoms with Crippen LogP contribution in [0.1, 0.15) is 50.7 Å². The maximum Gasteiger partial charge on any atom is 0.188 e. The Bertz CT molecular complexity index is 3120. The summed E-state index contributed by atoms with van der Waals surface area (Å²) in [6, 6.07) is 70.3. The summed E-state index contributed by atoms with van der Waals surface area (Å²) in [5.74, 6) is 1.64. The van der Waals surface area contributed by atoms with Gasteiger partial charge in [-0.05, 0) is 80.2 Å². The molecule has 0 N–H and O–H groups in total. The minimum atomic E-state index is -3.08. The van der Waals surface area contributed by atoms with Gasteiger partial charge < -0.3 is 4.57 Å². The number of fused-ring (bicyclic) bond motifs is 4. The molecular formula is C55H47N4PtSi-. The number of para-hydroxylation sites is 3. The zero-order valence-corrected chi connectivity index (χ0v) is 38.4. The number of aryl methyl sites for hydroxylation is 1. The molecule has 10 aromatic rings. The predicted molar refractivity (Wildman–Crippen MR) is 254 cm³/mol. The van der Waals surface area contributed by atoms with Crippen molar-refractivity contribution in [3.63, 3.8) is 0 Å². The fourth-order valence-corrected chi connectivity index (χ4v) is 14.1. The van der Waals surface area contributed by atoms with Gasteiger partial charge in [0.25, 0.3) is 0 Å². The molecule has 7 aromatic carbocycles. The number of pyridine rings is 1. The zero-order chi connectivity index (χ0) is 41.0. The molecule has 3 heterocycles. The van der Waals surface area contributed by atoms with Crippen LogP contribution in [0.15, 0.2) is 182 Å². The van der Waals surface area contributed by atoms with Crippen LogP contribution in [-0.4, -0.2) is 26.8 Å². The average Bonchev–Trinajstić information content (AvgIpc) is 3.81. The molecule has 10 rings (SSSR count). The van der Waals surface area contributed by atoms with Crippen LogP contribution >= 0.6 is 0 Å². The van der Waals surface area contributed by atoms with Crippen LogP contribution in [0.5, 0.6) is 0 Å². The third-order valence-corrected chi connectivity index (χ3v) is 16.9. The van der Waals surface area contributed by atoms with Crippen molar-refractivity contribution in [2.24, 2.45) is 7.05 Å². The van der Waals surface area contributed by atoms with Gasteiger partial charge in [0.1, 0.15) is 13.9 Å². The van der Waals surface area contributed by atoms with Gasteiger partial charge in [-0.2, -0.15) is 35.5 Å². The van der Waals surface area contributed by atoms with Crippen LogP contribution in [0.3, 0.4) is 0 Å². The van der Waals surface area contributed by atoms with Crippen molar-refractivity contribution in [3.05, 3.63) is 206 Å². The number of benzene rings is 7. The van der Waals surface area contributed by atoms with Crippen LogP contribution in [0, 0.1) is 12.1 Å². The molecule has 0 aliphatic rings. The Morgan fingerprint density at radius 1 is 0.557 bits per heavy atom. The molecule has 61 heavy (non-hydrogen) atoms. The van der Waals surface area contributed by atoms with Crippen molar-refractivity contribution >= 4 is 61.7 Å². The van der Waals surface area contributed by atoms with Gasteiger partial charge in [-0.25, -0.2) is 14.1 Å². The maximum atomic E-state index is 5.14. The van der Waals surface area contributed by atoms with E-state index in [1.54, 1.807) is 0 Å². The van der Waals surface area contributed by atoms with Crippen LogP contribution in [0.2, 0.25) is 0 Å². The Labute approximate surface area is 374 Å². The number of nitrogens with zero attached hydrogens (tertiary/aromatic N) is 4. The molecule has 302 valence electrons. The largest absolute Gasteiger partial charge is 0.319 e. The molecule has 0 radical (unpaired) electrons. The molecule has 0 atom stereocenters. The normalized spacial score (nSPS) is 11.9. The van der Waals surface area contributed by atoms with E-state index in [4.69, 9.17) is 4.98 Å². The third-order valence-electron chi connectivity index (χ3n) is 12.3. The zero-order valence-electron chi connectivity index (χ0n) is 35.1. The summed E-state index contributed by atoms with van der Waals surface area (Å²) in [6.45, 7) is 9.16. The van der Waals surface area contributed by atoms with Crippen LogP contribution < -0.4 is 20.7 Å². The first kappa shape index (κ1) is 40.3. The first-order valence-electron chi connectivity index (χ1n) is 21.0. The van der Waals surface area contributed by atoms with Gasteiger partial charge in [0.05, 0.1) is 0 Å². The van der Waals surface area contributed by atoms with E-state index in [0.29, 0.717) is 11.8 Å². The molecule has 0 saturated carbocycles. The van der Waals surface area contributed by atoms with Gasteiger partial charge in [-0.1, -0.05) is 130 Å². The van der Waals surface area contributed by atoms with Crippen LogP contribution in [-0.2, 0) is 28.1 Å². The molecule has 0 unspecified atom stereocenters. The second-order valence-electron chi connectivity index (χ2n) is 16.5. The summed E-state index contributed by atoms with van der Waals surface area (Å²) >= 11 is 0. The summed E-state index contributed by atoms with van der Waals surface area (Å²) in [6.07, 6.45) is 4.14. The number of rotatable bonds is 9. The Balaban J connectivity index is 0.00000476. The second-order valence-corrected chi connectivity index (χ2v) is 20.3. The van der Waals surface area contributed by atoms with Crippen molar-refractivity contribution in [1.82, 2.24) is 18.7 Å². The quantitative estimate of drug-likeness (QED) is 0.0805. The first-order chi connectivity index (χ1) is 29.3. The maximum absolute atomic E-state index is 5.14. The van der Waals surface area contributed by atoms with Gasteiger partial charge in [0.15, 0.2) is 17.4 Å².